The minimum atomic E-state index is -0.432. The summed E-state index contributed by atoms with van der Waals surface area (Å²) in [6.07, 6.45) is 0.754. The first-order chi connectivity index (χ1) is 7.29. The van der Waals surface area contributed by atoms with Crippen LogP contribution in [0, 0.1) is 11.2 Å². The van der Waals surface area contributed by atoms with Crippen LogP contribution in [0.25, 0.3) is 0 Å². The molecule has 3 heteroatoms. The molecule has 0 aromatic heterocycles. The molecule has 1 rings (SSSR count). The van der Waals surface area contributed by atoms with Crippen molar-refractivity contribution < 1.29 is 9.50 Å². The predicted molar refractivity (Wildman–Crippen MR) is 67.9 cm³/mol. The van der Waals surface area contributed by atoms with Crippen LogP contribution in [-0.2, 0) is 6.42 Å². The Labute approximate surface area is 105 Å². The van der Waals surface area contributed by atoms with Gasteiger partial charge in [-0.1, -0.05) is 32.9 Å². The number of hydrogen-bond donors (Lipinski definition) is 1. The van der Waals surface area contributed by atoms with Crippen LogP contribution in [0.4, 0.5) is 4.39 Å². The lowest BCUT2D eigenvalue weighted by Crippen LogP contribution is -2.19. The van der Waals surface area contributed by atoms with Gasteiger partial charge in [0.15, 0.2) is 0 Å². The van der Waals surface area contributed by atoms with Crippen LogP contribution in [0.5, 0.6) is 0 Å². The molecule has 0 aliphatic heterocycles. The standard InChI is InChI=1S/C13H18BrFO/c1-13(2,3)8-10(16)7-9-5-4-6-11(15)12(9)14/h4-6,10,16H,7-8H2,1-3H3. The molecule has 0 saturated carbocycles. The Morgan fingerprint density at radius 3 is 2.56 bits per heavy atom. The molecular weight excluding hydrogens is 271 g/mol. The van der Waals surface area contributed by atoms with E-state index in [9.17, 15) is 9.50 Å². The highest BCUT2D eigenvalue weighted by atomic mass is 79.9. The first-order valence-electron chi connectivity index (χ1n) is 5.40. The van der Waals surface area contributed by atoms with E-state index in [0.29, 0.717) is 17.3 Å². The van der Waals surface area contributed by atoms with Crippen molar-refractivity contribution in [1.82, 2.24) is 0 Å². The molecule has 0 saturated heterocycles. The van der Waals surface area contributed by atoms with Crippen molar-refractivity contribution in [2.45, 2.75) is 39.7 Å². The summed E-state index contributed by atoms with van der Waals surface area (Å²) in [7, 11) is 0. The second-order valence-electron chi connectivity index (χ2n) is 5.34. The molecule has 1 N–H and O–H groups in total. The summed E-state index contributed by atoms with van der Waals surface area (Å²) in [4.78, 5) is 0. The number of aliphatic hydroxyl groups excluding tert-OH is 1. The SMILES string of the molecule is CC(C)(C)CC(O)Cc1cccc(F)c1Br. The minimum absolute atomic E-state index is 0.0826. The number of hydrogen-bond acceptors (Lipinski definition) is 1. The minimum Gasteiger partial charge on any atom is -0.393 e. The van der Waals surface area contributed by atoms with Crippen molar-refractivity contribution in [2.24, 2.45) is 5.41 Å². The van der Waals surface area contributed by atoms with E-state index in [-0.39, 0.29) is 11.2 Å². The summed E-state index contributed by atoms with van der Waals surface area (Å²) < 4.78 is 13.7. The van der Waals surface area contributed by atoms with E-state index >= 15 is 0 Å². The van der Waals surface area contributed by atoms with Gasteiger partial charge < -0.3 is 5.11 Å². The lowest BCUT2D eigenvalue weighted by Gasteiger charge is -2.22. The quantitative estimate of drug-likeness (QED) is 0.894. The summed E-state index contributed by atoms with van der Waals surface area (Å²) in [5, 5.41) is 9.91. The summed E-state index contributed by atoms with van der Waals surface area (Å²) in [6, 6.07) is 4.90. The van der Waals surface area contributed by atoms with Crippen molar-refractivity contribution in [3.8, 4) is 0 Å². The van der Waals surface area contributed by atoms with Gasteiger partial charge in [-0.15, -0.1) is 0 Å². The van der Waals surface area contributed by atoms with E-state index in [2.05, 4.69) is 36.7 Å². The number of halogens is 2. The van der Waals surface area contributed by atoms with Gasteiger partial charge in [0, 0.05) is 0 Å². The molecule has 0 spiro atoms. The molecule has 0 fully saturated rings. The van der Waals surface area contributed by atoms with E-state index in [4.69, 9.17) is 0 Å². The Hall–Kier alpha value is -0.410. The van der Waals surface area contributed by atoms with Gasteiger partial charge >= 0.3 is 0 Å². The molecule has 0 aliphatic rings. The van der Waals surface area contributed by atoms with Crippen molar-refractivity contribution in [1.29, 1.82) is 0 Å². The fourth-order valence-corrected chi connectivity index (χ4v) is 2.17. The average molecular weight is 289 g/mol. The maximum atomic E-state index is 13.2. The maximum absolute atomic E-state index is 13.2. The third kappa shape index (κ3) is 4.22. The lowest BCUT2D eigenvalue weighted by atomic mass is 9.87. The molecule has 90 valence electrons. The first kappa shape index (κ1) is 13.7. The molecule has 0 heterocycles. The van der Waals surface area contributed by atoms with E-state index in [1.165, 1.54) is 6.07 Å². The predicted octanol–water partition coefficient (Wildman–Crippen LogP) is 3.93. The summed E-state index contributed by atoms with van der Waals surface area (Å²) in [5.74, 6) is -0.277. The van der Waals surface area contributed by atoms with Gasteiger partial charge in [-0.3, -0.25) is 0 Å². The Balaban J connectivity index is 2.70. The van der Waals surface area contributed by atoms with Crippen LogP contribution in [-0.4, -0.2) is 11.2 Å². The maximum Gasteiger partial charge on any atom is 0.137 e. The third-order valence-electron chi connectivity index (χ3n) is 2.34. The topological polar surface area (TPSA) is 20.2 Å². The summed E-state index contributed by atoms with van der Waals surface area (Å²) in [5.41, 5.74) is 0.899. The molecule has 16 heavy (non-hydrogen) atoms. The van der Waals surface area contributed by atoms with Crippen LogP contribution in [0.2, 0.25) is 0 Å². The van der Waals surface area contributed by atoms with Crippen LogP contribution in [0.15, 0.2) is 22.7 Å². The van der Waals surface area contributed by atoms with Crippen LogP contribution >= 0.6 is 15.9 Å². The number of aliphatic hydroxyl groups is 1. The van der Waals surface area contributed by atoms with E-state index in [0.717, 1.165) is 5.56 Å². The smallest absolute Gasteiger partial charge is 0.137 e. The zero-order valence-corrected chi connectivity index (χ0v) is 11.5. The average Bonchev–Trinajstić information content (AvgIpc) is 2.09. The highest BCUT2D eigenvalue weighted by Crippen LogP contribution is 2.26. The van der Waals surface area contributed by atoms with Gasteiger partial charge in [0.1, 0.15) is 5.82 Å². The monoisotopic (exact) mass is 288 g/mol. The highest BCUT2D eigenvalue weighted by molar-refractivity contribution is 9.10. The largest absolute Gasteiger partial charge is 0.393 e. The first-order valence-corrected chi connectivity index (χ1v) is 6.20. The molecule has 1 nitrogen and oxygen atoms in total. The van der Waals surface area contributed by atoms with Crippen molar-refractivity contribution in [3.63, 3.8) is 0 Å². The normalized spacial score (nSPS) is 13.9. The Morgan fingerprint density at radius 2 is 2.00 bits per heavy atom. The second-order valence-corrected chi connectivity index (χ2v) is 6.13. The lowest BCUT2D eigenvalue weighted by molar-refractivity contribution is 0.121. The molecule has 1 atom stereocenters. The van der Waals surface area contributed by atoms with E-state index in [1.54, 1.807) is 6.07 Å². The van der Waals surface area contributed by atoms with Crippen molar-refractivity contribution in [3.05, 3.63) is 34.1 Å². The zero-order chi connectivity index (χ0) is 12.3. The van der Waals surface area contributed by atoms with Crippen LogP contribution in [0.1, 0.15) is 32.8 Å². The van der Waals surface area contributed by atoms with E-state index < -0.39 is 6.10 Å². The van der Waals surface area contributed by atoms with E-state index in [1.807, 2.05) is 6.07 Å². The van der Waals surface area contributed by atoms with Gasteiger partial charge in [0.05, 0.1) is 10.6 Å². The molecule has 1 aromatic carbocycles. The van der Waals surface area contributed by atoms with Gasteiger partial charge in [0.2, 0.25) is 0 Å². The van der Waals surface area contributed by atoms with Gasteiger partial charge in [-0.25, -0.2) is 4.39 Å². The molecule has 0 aliphatic carbocycles. The molecule has 1 unspecified atom stereocenters. The Bertz CT molecular complexity index is 357. The summed E-state index contributed by atoms with van der Waals surface area (Å²) >= 11 is 3.20. The highest BCUT2D eigenvalue weighted by Gasteiger charge is 2.18. The molecule has 0 amide bonds. The number of rotatable bonds is 3. The van der Waals surface area contributed by atoms with Crippen molar-refractivity contribution >= 4 is 15.9 Å². The van der Waals surface area contributed by atoms with Crippen LogP contribution in [0.3, 0.4) is 0 Å². The van der Waals surface area contributed by atoms with Gasteiger partial charge in [-0.05, 0) is 45.8 Å². The molecular formula is C13H18BrFO. The molecule has 0 radical (unpaired) electrons. The van der Waals surface area contributed by atoms with Crippen molar-refractivity contribution in [2.75, 3.05) is 0 Å². The second kappa shape index (κ2) is 5.28. The van der Waals surface area contributed by atoms with Gasteiger partial charge in [0.25, 0.3) is 0 Å². The summed E-state index contributed by atoms with van der Waals surface area (Å²) in [6.45, 7) is 6.24. The molecule has 1 aromatic rings. The van der Waals surface area contributed by atoms with Gasteiger partial charge in [-0.2, -0.15) is 0 Å². The zero-order valence-electron chi connectivity index (χ0n) is 9.93. The molecule has 0 bridgehead atoms. The fourth-order valence-electron chi connectivity index (χ4n) is 1.74. The third-order valence-corrected chi connectivity index (χ3v) is 3.22. The fraction of sp³-hybridized carbons (Fsp3) is 0.538. The Morgan fingerprint density at radius 1 is 1.38 bits per heavy atom. The Kier molecular flexibility index (Phi) is 4.51. The number of benzene rings is 1. The van der Waals surface area contributed by atoms with Crippen LogP contribution < -0.4 is 0 Å².